The summed E-state index contributed by atoms with van der Waals surface area (Å²) >= 11 is 0. The molecule has 4 heteroatoms. The fraction of sp³-hybridized carbons (Fsp3) is 0.688. The molecule has 20 heavy (non-hydrogen) atoms. The molecule has 0 saturated carbocycles. The Bertz CT molecular complexity index is 389. The van der Waals surface area contributed by atoms with Crippen LogP contribution in [-0.2, 0) is 11.3 Å². The number of anilines is 1. The summed E-state index contributed by atoms with van der Waals surface area (Å²) in [5.41, 5.74) is 1.30. The Morgan fingerprint density at radius 1 is 1.35 bits per heavy atom. The Morgan fingerprint density at radius 3 is 2.85 bits per heavy atom. The van der Waals surface area contributed by atoms with Gasteiger partial charge in [-0.2, -0.15) is 0 Å². The summed E-state index contributed by atoms with van der Waals surface area (Å²) in [6.07, 6.45) is 5.73. The Balaban J connectivity index is 1.87. The third kappa shape index (κ3) is 4.46. The third-order valence-electron chi connectivity index (χ3n) is 3.76. The van der Waals surface area contributed by atoms with Crippen LogP contribution >= 0.6 is 0 Å². The normalized spacial score (nSPS) is 17.3. The van der Waals surface area contributed by atoms with Gasteiger partial charge in [-0.25, -0.2) is 4.98 Å². The van der Waals surface area contributed by atoms with Crippen LogP contribution in [-0.4, -0.2) is 42.2 Å². The topological polar surface area (TPSA) is 37.4 Å². The number of ether oxygens (including phenoxy) is 1. The lowest BCUT2D eigenvalue weighted by atomic mass is 10.1. The van der Waals surface area contributed by atoms with Crippen molar-refractivity contribution in [2.45, 2.75) is 45.8 Å². The van der Waals surface area contributed by atoms with E-state index in [9.17, 15) is 0 Å². The molecule has 1 N–H and O–H groups in total. The van der Waals surface area contributed by atoms with E-state index in [2.05, 4.69) is 35.1 Å². The predicted octanol–water partition coefficient (Wildman–Crippen LogP) is 2.90. The van der Waals surface area contributed by atoms with Gasteiger partial charge in [0.25, 0.3) is 0 Å². The monoisotopic (exact) mass is 277 g/mol. The summed E-state index contributed by atoms with van der Waals surface area (Å²) in [6, 6.07) is 4.21. The summed E-state index contributed by atoms with van der Waals surface area (Å²) in [6.45, 7) is 9.29. The zero-order valence-corrected chi connectivity index (χ0v) is 12.8. The second-order valence-corrected chi connectivity index (χ2v) is 5.37. The van der Waals surface area contributed by atoms with Gasteiger partial charge in [0.05, 0.1) is 6.10 Å². The van der Waals surface area contributed by atoms with E-state index in [-0.39, 0.29) is 0 Å². The molecule has 4 nitrogen and oxygen atoms in total. The summed E-state index contributed by atoms with van der Waals surface area (Å²) in [4.78, 5) is 6.97. The van der Waals surface area contributed by atoms with E-state index in [1.165, 1.54) is 5.56 Å². The molecule has 0 spiro atoms. The summed E-state index contributed by atoms with van der Waals surface area (Å²) in [5, 5.41) is 3.42. The highest BCUT2D eigenvalue weighted by Crippen LogP contribution is 2.19. The summed E-state index contributed by atoms with van der Waals surface area (Å²) < 4.78 is 5.71. The van der Waals surface area contributed by atoms with E-state index in [1.807, 2.05) is 12.3 Å². The number of piperidine rings is 1. The molecule has 1 aromatic rings. The molecule has 0 unspecified atom stereocenters. The van der Waals surface area contributed by atoms with Crippen molar-refractivity contribution in [3.05, 3.63) is 23.9 Å². The number of nitrogens with zero attached hydrogens (tertiary/aromatic N) is 2. The second kappa shape index (κ2) is 8.22. The van der Waals surface area contributed by atoms with Crippen molar-refractivity contribution in [2.24, 2.45) is 0 Å². The molecule has 0 amide bonds. The fourth-order valence-corrected chi connectivity index (χ4v) is 2.68. The molecule has 0 aromatic carbocycles. The van der Waals surface area contributed by atoms with Gasteiger partial charge in [-0.1, -0.05) is 13.0 Å². The molecule has 1 saturated heterocycles. The number of pyridine rings is 1. The van der Waals surface area contributed by atoms with Crippen LogP contribution in [0, 0.1) is 0 Å². The van der Waals surface area contributed by atoms with Crippen molar-refractivity contribution >= 4 is 5.82 Å². The first kappa shape index (κ1) is 15.3. The number of aromatic nitrogens is 1. The van der Waals surface area contributed by atoms with E-state index in [1.54, 1.807) is 0 Å². The van der Waals surface area contributed by atoms with E-state index in [0.29, 0.717) is 6.10 Å². The Labute approximate surface area is 122 Å². The fourth-order valence-electron chi connectivity index (χ4n) is 2.68. The van der Waals surface area contributed by atoms with Gasteiger partial charge in [-0.05, 0) is 32.3 Å². The largest absolute Gasteiger partial charge is 0.378 e. The number of likely N-dealkylation sites (tertiary alicyclic amines) is 1. The highest BCUT2D eigenvalue weighted by Gasteiger charge is 2.20. The third-order valence-corrected chi connectivity index (χ3v) is 3.76. The minimum absolute atomic E-state index is 0.461. The van der Waals surface area contributed by atoms with Crippen LogP contribution in [0.2, 0.25) is 0 Å². The van der Waals surface area contributed by atoms with E-state index < -0.39 is 0 Å². The number of hydrogen-bond donors (Lipinski definition) is 1. The van der Waals surface area contributed by atoms with Crippen LogP contribution in [0.3, 0.4) is 0 Å². The maximum Gasteiger partial charge on any atom is 0.130 e. The SMILES string of the molecule is CCCNc1ncccc1CN1CCC(OCC)CC1. The first-order valence-electron chi connectivity index (χ1n) is 7.85. The van der Waals surface area contributed by atoms with Crippen molar-refractivity contribution in [1.82, 2.24) is 9.88 Å². The van der Waals surface area contributed by atoms with Gasteiger partial charge >= 0.3 is 0 Å². The van der Waals surface area contributed by atoms with Gasteiger partial charge in [0.1, 0.15) is 5.82 Å². The van der Waals surface area contributed by atoms with Crippen LogP contribution in [0.25, 0.3) is 0 Å². The molecule has 1 aromatic heterocycles. The van der Waals surface area contributed by atoms with Crippen LogP contribution < -0.4 is 5.32 Å². The molecule has 0 radical (unpaired) electrons. The van der Waals surface area contributed by atoms with Crippen molar-refractivity contribution in [3.8, 4) is 0 Å². The lowest BCUT2D eigenvalue weighted by molar-refractivity contribution is 0.0125. The molecule has 1 aliphatic rings. The Morgan fingerprint density at radius 2 is 2.15 bits per heavy atom. The molecule has 0 aliphatic carbocycles. The van der Waals surface area contributed by atoms with Crippen molar-refractivity contribution < 1.29 is 4.74 Å². The minimum atomic E-state index is 0.461. The highest BCUT2D eigenvalue weighted by atomic mass is 16.5. The molecule has 2 rings (SSSR count). The quantitative estimate of drug-likeness (QED) is 0.831. The maximum absolute atomic E-state index is 5.71. The Kier molecular flexibility index (Phi) is 6.27. The van der Waals surface area contributed by atoms with Crippen LogP contribution in [0.4, 0.5) is 5.82 Å². The van der Waals surface area contributed by atoms with Gasteiger partial charge in [0, 0.05) is 44.5 Å². The molecule has 0 bridgehead atoms. The lowest BCUT2D eigenvalue weighted by Gasteiger charge is -2.32. The number of hydrogen-bond acceptors (Lipinski definition) is 4. The zero-order valence-electron chi connectivity index (χ0n) is 12.8. The minimum Gasteiger partial charge on any atom is -0.378 e. The van der Waals surface area contributed by atoms with Gasteiger partial charge in [-0.3, -0.25) is 4.90 Å². The van der Waals surface area contributed by atoms with Crippen molar-refractivity contribution in [1.29, 1.82) is 0 Å². The Hall–Kier alpha value is -1.13. The van der Waals surface area contributed by atoms with E-state index in [4.69, 9.17) is 4.74 Å². The van der Waals surface area contributed by atoms with E-state index >= 15 is 0 Å². The standard InChI is InChI=1S/C16H27N3O/c1-3-9-17-16-14(6-5-10-18-16)13-19-11-7-15(8-12-19)20-4-2/h5-6,10,15H,3-4,7-9,11-13H2,1-2H3,(H,17,18). The van der Waals surface area contributed by atoms with Gasteiger partial charge in [0.15, 0.2) is 0 Å². The lowest BCUT2D eigenvalue weighted by Crippen LogP contribution is -2.36. The molecule has 0 atom stereocenters. The summed E-state index contributed by atoms with van der Waals surface area (Å²) in [7, 11) is 0. The van der Waals surface area contributed by atoms with Crippen LogP contribution in [0.5, 0.6) is 0 Å². The second-order valence-electron chi connectivity index (χ2n) is 5.37. The molecular weight excluding hydrogens is 250 g/mol. The van der Waals surface area contributed by atoms with Crippen LogP contribution in [0.15, 0.2) is 18.3 Å². The summed E-state index contributed by atoms with van der Waals surface area (Å²) in [5.74, 6) is 1.04. The molecule has 2 heterocycles. The molecule has 112 valence electrons. The van der Waals surface area contributed by atoms with E-state index in [0.717, 1.165) is 57.9 Å². The van der Waals surface area contributed by atoms with Crippen LogP contribution in [0.1, 0.15) is 38.7 Å². The maximum atomic E-state index is 5.71. The van der Waals surface area contributed by atoms with Gasteiger partial charge < -0.3 is 10.1 Å². The highest BCUT2D eigenvalue weighted by molar-refractivity contribution is 5.43. The first-order chi connectivity index (χ1) is 9.83. The zero-order chi connectivity index (χ0) is 14.2. The predicted molar refractivity (Wildman–Crippen MR) is 82.9 cm³/mol. The molecular formula is C16H27N3O. The number of rotatable bonds is 7. The van der Waals surface area contributed by atoms with Gasteiger partial charge in [0.2, 0.25) is 0 Å². The molecule has 1 fully saturated rings. The first-order valence-corrected chi connectivity index (χ1v) is 7.85. The number of nitrogens with one attached hydrogen (secondary N) is 1. The van der Waals surface area contributed by atoms with Gasteiger partial charge in [-0.15, -0.1) is 0 Å². The van der Waals surface area contributed by atoms with Crippen molar-refractivity contribution in [3.63, 3.8) is 0 Å². The van der Waals surface area contributed by atoms with Crippen molar-refractivity contribution in [2.75, 3.05) is 31.6 Å². The smallest absolute Gasteiger partial charge is 0.130 e. The average Bonchev–Trinajstić information content (AvgIpc) is 2.49. The average molecular weight is 277 g/mol. The molecule has 1 aliphatic heterocycles.